The number of rotatable bonds is 6. The second-order valence-electron chi connectivity index (χ2n) is 6.61. The van der Waals surface area contributed by atoms with E-state index >= 15 is 0 Å². The lowest BCUT2D eigenvalue weighted by Gasteiger charge is -2.28. The number of anilines is 1. The first-order valence-corrected chi connectivity index (χ1v) is 8.81. The molecule has 0 radical (unpaired) electrons. The summed E-state index contributed by atoms with van der Waals surface area (Å²) in [6, 6.07) is 15.4. The molecule has 0 unspecified atom stereocenters. The summed E-state index contributed by atoms with van der Waals surface area (Å²) in [6.07, 6.45) is 0.143. The highest BCUT2D eigenvalue weighted by molar-refractivity contribution is 5.98. The van der Waals surface area contributed by atoms with Gasteiger partial charge in [0.25, 0.3) is 5.91 Å². The molecule has 136 valence electrons. The second-order valence-corrected chi connectivity index (χ2v) is 6.61. The summed E-state index contributed by atoms with van der Waals surface area (Å²) in [4.78, 5) is 25.7. The molecule has 3 rings (SSSR count). The number of carbonyl (C=O) groups is 2. The van der Waals surface area contributed by atoms with Crippen LogP contribution in [0.4, 0.5) is 5.69 Å². The molecule has 26 heavy (non-hydrogen) atoms. The molecule has 1 heterocycles. The van der Waals surface area contributed by atoms with Gasteiger partial charge in [0.15, 0.2) is 6.61 Å². The molecule has 2 aromatic carbocycles. The normalized spacial score (nSPS) is 13.3. The molecule has 0 aromatic heterocycles. The predicted molar refractivity (Wildman–Crippen MR) is 99.2 cm³/mol. The number of para-hydroxylation sites is 2. The van der Waals surface area contributed by atoms with Crippen LogP contribution in [0.15, 0.2) is 48.5 Å². The zero-order valence-corrected chi connectivity index (χ0v) is 15.1. The highest BCUT2D eigenvalue weighted by Gasteiger charge is 2.25. The lowest BCUT2D eigenvalue weighted by molar-refractivity contribution is -0.144. The van der Waals surface area contributed by atoms with Gasteiger partial charge in [-0.05, 0) is 29.2 Å². The number of amides is 1. The van der Waals surface area contributed by atoms with Gasteiger partial charge >= 0.3 is 5.97 Å². The first kappa shape index (κ1) is 18.0. The highest BCUT2D eigenvalue weighted by Crippen LogP contribution is 2.31. The maximum Gasteiger partial charge on any atom is 0.307 e. The Hall–Kier alpha value is -2.82. The molecular weight excluding hydrogens is 330 g/mol. The van der Waals surface area contributed by atoms with Crippen molar-refractivity contribution in [3.63, 3.8) is 0 Å². The fourth-order valence-corrected chi connectivity index (χ4v) is 2.84. The van der Waals surface area contributed by atoms with Gasteiger partial charge in [-0.3, -0.25) is 9.59 Å². The van der Waals surface area contributed by atoms with E-state index in [0.29, 0.717) is 17.4 Å². The third-order valence-corrected chi connectivity index (χ3v) is 4.39. The van der Waals surface area contributed by atoms with Crippen LogP contribution < -0.4 is 9.64 Å². The number of carbonyl (C=O) groups excluding carboxylic acids is 2. The zero-order valence-electron chi connectivity index (χ0n) is 15.1. The van der Waals surface area contributed by atoms with E-state index in [4.69, 9.17) is 9.47 Å². The first-order valence-electron chi connectivity index (χ1n) is 8.81. The van der Waals surface area contributed by atoms with Gasteiger partial charge in [0.1, 0.15) is 12.4 Å². The minimum atomic E-state index is -0.324. The van der Waals surface area contributed by atoms with Crippen molar-refractivity contribution >= 4 is 17.6 Å². The van der Waals surface area contributed by atoms with Crippen LogP contribution in [0, 0.1) is 0 Å². The van der Waals surface area contributed by atoms with Crippen LogP contribution in [-0.4, -0.2) is 25.0 Å². The minimum absolute atomic E-state index is 0.00569. The Labute approximate surface area is 153 Å². The Morgan fingerprint density at radius 3 is 2.62 bits per heavy atom. The van der Waals surface area contributed by atoms with Crippen molar-refractivity contribution in [3.05, 3.63) is 59.7 Å². The Bertz CT molecular complexity index is 783. The molecule has 0 spiro atoms. The smallest absolute Gasteiger partial charge is 0.307 e. The third kappa shape index (κ3) is 4.23. The fourth-order valence-electron chi connectivity index (χ4n) is 2.84. The average Bonchev–Trinajstić information content (AvgIpc) is 2.66. The van der Waals surface area contributed by atoms with Crippen LogP contribution in [-0.2, 0) is 20.9 Å². The predicted octanol–water partition coefficient (Wildman–Crippen LogP) is 3.67. The molecule has 0 fully saturated rings. The molecule has 2 aromatic rings. The Morgan fingerprint density at radius 2 is 1.88 bits per heavy atom. The van der Waals surface area contributed by atoms with E-state index in [9.17, 15) is 9.59 Å². The molecule has 5 nitrogen and oxygen atoms in total. The largest absolute Gasteiger partial charge is 0.482 e. The van der Waals surface area contributed by atoms with Gasteiger partial charge in [-0.25, -0.2) is 0 Å². The molecule has 0 bridgehead atoms. The lowest BCUT2D eigenvalue weighted by atomic mass is 10.0. The summed E-state index contributed by atoms with van der Waals surface area (Å²) in [6.45, 7) is 4.80. The lowest BCUT2D eigenvalue weighted by Crippen LogP contribution is -2.40. The summed E-state index contributed by atoms with van der Waals surface area (Å²) in [7, 11) is 0. The van der Waals surface area contributed by atoms with E-state index < -0.39 is 0 Å². The van der Waals surface area contributed by atoms with Gasteiger partial charge in [-0.15, -0.1) is 0 Å². The SMILES string of the molecule is CC(C)c1ccc(COC(=O)CCN2C(=O)COc3ccccc32)cc1. The quantitative estimate of drug-likeness (QED) is 0.744. The van der Waals surface area contributed by atoms with Crippen molar-refractivity contribution in [1.82, 2.24) is 0 Å². The first-order chi connectivity index (χ1) is 12.5. The van der Waals surface area contributed by atoms with E-state index in [-0.39, 0.29) is 38.1 Å². The monoisotopic (exact) mass is 353 g/mol. The van der Waals surface area contributed by atoms with Crippen LogP contribution >= 0.6 is 0 Å². The molecule has 0 N–H and O–H groups in total. The standard InChI is InChI=1S/C21H23NO4/c1-15(2)17-9-7-16(8-10-17)13-26-21(24)11-12-22-18-5-3-4-6-19(18)25-14-20(22)23/h3-10,15H,11-14H2,1-2H3. The van der Waals surface area contributed by atoms with Gasteiger partial charge in [0, 0.05) is 6.54 Å². The maximum atomic E-state index is 12.1. The second kappa shape index (κ2) is 8.04. The Kier molecular flexibility index (Phi) is 5.56. The van der Waals surface area contributed by atoms with Crippen molar-refractivity contribution in [3.8, 4) is 5.75 Å². The van der Waals surface area contributed by atoms with Crippen molar-refractivity contribution in [1.29, 1.82) is 0 Å². The molecule has 0 saturated carbocycles. The van der Waals surface area contributed by atoms with Crippen LogP contribution in [0.5, 0.6) is 5.75 Å². The van der Waals surface area contributed by atoms with Gasteiger partial charge in [-0.2, -0.15) is 0 Å². The molecule has 1 aliphatic heterocycles. The maximum absolute atomic E-state index is 12.1. The third-order valence-electron chi connectivity index (χ3n) is 4.39. The summed E-state index contributed by atoms with van der Waals surface area (Å²) in [5, 5.41) is 0. The van der Waals surface area contributed by atoms with E-state index in [1.54, 1.807) is 4.90 Å². The number of benzene rings is 2. The van der Waals surface area contributed by atoms with Gasteiger partial charge in [0.05, 0.1) is 12.1 Å². The summed E-state index contributed by atoms with van der Waals surface area (Å²) in [5.41, 5.74) is 2.90. The highest BCUT2D eigenvalue weighted by atomic mass is 16.5. The zero-order chi connectivity index (χ0) is 18.5. The summed E-state index contributed by atoms with van der Waals surface area (Å²) in [5.74, 6) is 0.654. The molecule has 1 aliphatic rings. The van der Waals surface area contributed by atoms with Crippen LogP contribution in [0.3, 0.4) is 0 Å². The molecule has 0 atom stereocenters. The van der Waals surface area contributed by atoms with Crippen LogP contribution in [0.1, 0.15) is 37.3 Å². The minimum Gasteiger partial charge on any atom is -0.482 e. The number of nitrogens with zero attached hydrogens (tertiary/aromatic N) is 1. The van der Waals surface area contributed by atoms with Crippen LogP contribution in [0.25, 0.3) is 0 Å². The average molecular weight is 353 g/mol. The van der Waals surface area contributed by atoms with Crippen molar-refractivity contribution in [2.75, 3.05) is 18.1 Å². The Morgan fingerprint density at radius 1 is 1.15 bits per heavy atom. The summed E-state index contributed by atoms with van der Waals surface area (Å²) >= 11 is 0. The van der Waals surface area contributed by atoms with Crippen molar-refractivity contribution in [2.24, 2.45) is 0 Å². The number of hydrogen-bond acceptors (Lipinski definition) is 4. The van der Waals surface area contributed by atoms with E-state index in [0.717, 1.165) is 5.56 Å². The van der Waals surface area contributed by atoms with Crippen LogP contribution in [0.2, 0.25) is 0 Å². The molecule has 5 heteroatoms. The topological polar surface area (TPSA) is 55.8 Å². The van der Waals surface area contributed by atoms with Crippen molar-refractivity contribution < 1.29 is 19.1 Å². The molecule has 1 amide bonds. The number of hydrogen-bond donors (Lipinski definition) is 0. The molecule has 0 saturated heterocycles. The van der Waals surface area contributed by atoms with Crippen molar-refractivity contribution in [2.45, 2.75) is 32.8 Å². The molecular formula is C21H23NO4. The van der Waals surface area contributed by atoms with E-state index in [1.165, 1.54) is 5.56 Å². The Balaban J connectivity index is 1.52. The number of ether oxygens (including phenoxy) is 2. The van der Waals surface area contributed by atoms with Gasteiger partial charge in [0.2, 0.25) is 0 Å². The van der Waals surface area contributed by atoms with E-state index in [2.05, 4.69) is 26.0 Å². The van der Waals surface area contributed by atoms with Gasteiger partial charge < -0.3 is 14.4 Å². The van der Waals surface area contributed by atoms with E-state index in [1.807, 2.05) is 36.4 Å². The fraction of sp³-hybridized carbons (Fsp3) is 0.333. The number of fused-ring (bicyclic) bond motifs is 1. The number of esters is 1. The van der Waals surface area contributed by atoms with Gasteiger partial charge in [-0.1, -0.05) is 50.2 Å². The molecule has 0 aliphatic carbocycles. The summed E-state index contributed by atoms with van der Waals surface area (Å²) < 4.78 is 10.7.